The molecule has 156 valence electrons. The molecule has 2 N–H and O–H groups in total. The van der Waals surface area contributed by atoms with Gasteiger partial charge in [0.25, 0.3) is 0 Å². The van der Waals surface area contributed by atoms with Gasteiger partial charge in [0.15, 0.2) is 5.16 Å². The fourth-order valence-electron chi connectivity index (χ4n) is 2.90. The van der Waals surface area contributed by atoms with Crippen molar-refractivity contribution in [1.82, 2.24) is 25.4 Å². The number of hydrogen-bond donors (Lipinski definition) is 2. The Morgan fingerprint density at radius 3 is 2.53 bits per heavy atom. The lowest BCUT2D eigenvalue weighted by molar-refractivity contribution is -0.117. The lowest BCUT2D eigenvalue weighted by Crippen LogP contribution is -2.43. The van der Waals surface area contributed by atoms with Gasteiger partial charge in [-0.2, -0.15) is 0 Å². The zero-order valence-electron chi connectivity index (χ0n) is 17.3. The number of imide groups is 1. The molecule has 0 unspecified atom stereocenters. The molecule has 0 saturated carbocycles. The van der Waals surface area contributed by atoms with Gasteiger partial charge < -0.3 is 5.32 Å². The first-order valence-corrected chi connectivity index (χ1v) is 10.7. The average molecular weight is 424 g/mol. The van der Waals surface area contributed by atoms with Crippen LogP contribution in [0, 0.1) is 6.92 Å². The second-order valence-corrected chi connectivity index (χ2v) is 8.14. The molecule has 0 aliphatic rings. The second kappa shape index (κ2) is 10.1. The molecule has 0 atom stereocenters. The minimum atomic E-state index is -0.500. The number of nitrogens with zero attached hydrogens (tertiary/aromatic N) is 3. The highest BCUT2D eigenvalue weighted by atomic mass is 32.2. The quantitative estimate of drug-likeness (QED) is 0.568. The van der Waals surface area contributed by atoms with Crippen molar-refractivity contribution in [3.63, 3.8) is 0 Å². The van der Waals surface area contributed by atoms with Crippen LogP contribution in [0.15, 0.2) is 59.8 Å². The van der Waals surface area contributed by atoms with Gasteiger partial charge in [-0.25, -0.2) is 4.79 Å². The Kier molecular flexibility index (Phi) is 7.24. The zero-order valence-corrected chi connectivity index (χ0v) is 18.1. The third-order valence-electron chi connectivity index (χ3n) is 4.17. The lowest BCUT2D eigenvalue weighted by atomic mass is 10.1. The maximum atomic E-state index is 12.2. The van der Waals surface area contributed by atoms with Gasteiger partial charge in [-0.3, -0.25) is 14.7 Å². The Morgan fingerprint density at radius 2 is 1.83 bits per heavy atom. The van der Waals surface area contributed by atoms with Gasteiger partial charge in [0.05, 0.1) is 5.75 Å². The van der Waals surface area contributed by atoms with E-state index in [2.05, 4.69) is 26.9 Å². The molecule has 3 aromatic rings. The molecule has 0 fully saturated rings. The molecule has 0 aliphatic carbocycles. The van der Waals surface area contributed by atoms with Crippen molar-refractivity contribution in [2.24, 2.45) is 0 Å². The Labute approximate surface area is 180 Å². The SMILES string of the molecule is Cc1cccc(-n2c(Cc3ccccc3)nnc2SCC(=O)NC(=O)NC(C)C)c1. The Morgan fingerprint density at radius 1 is 1.07 bits per heavy atom. The van der Waals surface area contributed by atoms with Crippen LogP contribution in [0.3, 0.4) is 0 Å². The molecule has 3 amide bonds. The first-order valence-electron chi connectivity index (χ1n) is 9.71. The minimum absolute atomic E-state index is 0.0459. The van der Waals surface area contributed by atoms with Gasteiger partial charge in [-0.15, -0.1) is 10.2 Å². The highest BCUT2D eigenvalue weighted by Gasteiger charge is 2.17. The van der Waals surface area contributed by atoms with Crippen LogP contribution in [0.4, 0.5) is 4.79 Å². The van der Waals surface area contributed by atoms with Gasteiger partial charge in [0, 0.05) is 18.2 Å². The van der Waals surface area contributed by atoms with Crippen LogP contribution in [0.25, 0.3) is 5.69 Å². The number of rotatable bonds is 7. The summed E-state index contributed by atoms with van der Waals surface area (Å²) in [6.45, 7) is 5.69. The Balaban J connectivity index is 1.80. The number of benzene rings is 2. The van der Waals surface area contributed by atoms with E-state index in [9.17, 15) is 9.59 Å². The predicted molar refractivity (Wildman–Crippen MR) is 118 cm³/mol. The maximum Gasteiger partial charge on any atom is 0.321 e. The summed E-state index contributed by atoms with van der Waals surface area (Å²) in [6.07, 6.45) is 0.616. The molecule has 0 saturated heterocycles. The molecule has 2 aromatic carbocycles. The van der Waals surface area contributed by atoms with Gasteiger partial charge >= 0.3 is 6.03 Å². The van der Waals surface area contributed by atoms with Crippen molar-refractivity contribution in [3.05, 3.63) is 71.5 Å². The monoisotopic (exact) mass is 423 g/mol. The van der Waals surface area contributed by atoms with E-state index in [1.165, 1.54) is 11.8 Å². The summed E-state index contributed by atoms with van der Waals surface area (Å²) in [5.41, 5.74) is 3.18. The first-order chi connectivity index (χ1) is 14.4. The van der Waals surface area contributed by atoms with E-state index < -0.39 is 6.03 Å². The average Bonchev–Trinajstić information content (AvgIpc) is 3.09. The molecule has 1 heterocycles. The fraction of sp³-hybridized carbons (Fsp3) is 0.273. The van der Waals surface area contributed by atoms with Crippen LogP contribution in [-0.4, -0.2) is 38.5 Å². The van der Waals surface area contributed by atoms with E-state index >= 15 is 0 Å². The van der Waals surface area contributed by atoms with Crippen molar-refractivity contribution >= 4 is 23.7 Å². The number of carbonyl (C=O) groups is 2. The fourth-order valence-corrected chi connectivity index (χ4v) is 3.68. The van der Waals surface area contributed by atoms with Crippen molar-refractivity contribution in [1.29, 1.82) is 0 Å². The third kappa shape index (κ3) is 5.93. The molecule has 30 heavy (non-hydrogen) atoms. The second-order valence-electron chi connectivity index (χ2n) is 7.20. The highest BCUT2D eigenvalue weighted by molar-refractivity contribution is 7.99. The zero-order chi connectivity index (χ0) is 21.5. The molecule has 0 bridgehead atoms. The third-order valence-corrected chi connectivity index (χ3v) is 5.10. The number of carbonyl (C=O) groups excluding carboxylic acids is 2. The smallest absolute Gasteiger partial charge is 0.321 e. The summed E-state index contributed by atoms with van der Waals surface area (Å²) in [4.78, 5) is 23.9. The lowest BCUT2D eigenvalue weighted by Gasteiger charge is -2.12. The number of aryl methyl sites for hydroxylation is 1. The summed E-state index contributed by atoms with van der Waals surface area (Å²) < 4.78 is 1.96. The minimum Gasteiger partial charge on any atom is -0.336 e. The molecule has 0 spiro atoms. The van der Waals surface area contributed by atoms with Gasteiger partial charge in [0.2, 0.25) is 5.91 Å². The molecule has 0 aliphatic heterocycles. The molecular weight excluding hydrogens is 398 g/mol. The number of hydrogen-bond acceptors (Lipinski definition) is 5. The van der Waals surface area contributed by atoms with E-state index in [1.54, 1.807) is 0 Å². The van der Waals surface area contributed by atoms with Crippen molar-refractivity contribution < 1.29 is 9.59 Å². The Bertz CT molecular complexity index is 1020. The summed E-state index contributed by atoms with van der Waals surface area (Å²) in [5, 5.41) is 14.3. The van der Waals surface area contributed by atoms with E-state index in [0.29, 0.717) is 11.6 Å². The highest BCUT2D eigenvalue weighted by Crippen LogP contribution is 2.24. The summed E-state index contributed by atoms with van der Waals surface area (Å²) in [5.74, 6) is 0.453. The van der Waals surface area contributed by atoms with Crippen molar-refractivity contribution in [2.75, 3.05) is 5.75 Å². The molecule has 1 aromatic heterocycles. The van der Waals surface area contributed by atoms with Gasteiger partial charge in [-0.1, -0.05) is 54.2 Å². The molecular formula is C22H25N5O2S. The van der Waals surface area contributed by atoms with E-state index in [4.69, 9.17) is 0 Å². The standard InChI is InChI=1S/C22H25N5O2S/c1-15(2)23-21(29)24-20(28)14-30-22-26-25-19(13-17-9-5-4-6-10-17)27(22)18-11-7-8-16(3)12-18/h4-12,15H,13-14H2,1-3H3,(H2,23,24,28,29). The van der Waals surface area contributed by atoms with Crippen LogP contribution in [0.2, 0.25) is 0 Å². The van der Waals surface area contributed by atoms with Crippen LogP contribution >= 0.6 is 11.8 Å². The van der Waals surface area contributed by atoms with E-state index in [1.807, 2.05) is 73.9 Å². The number of aromatic nitrogens is 3. The normalized spacial score (nSPS) is 10.8. The Hall–Kier alpha value is -3.13. The van der Waals surface area contributed by atoms with Crippen LogP contribution in [0.1, 0.15) is 30.8 Å². The molecule has 8 heteroatoms. The summed E-state index contributed by atoms with van der Waals surface area (Å²) in [7, 11) is 0. The topological polar surface area (TPSA) is 88.9 Å². The number of thioether (sulfide) groups is 1. The van der Waals surface area contributed by atoms with Crippen LogP contribution in [0.5, 0.6) is 0 Å². The van der Waals surface area contributed by atoms with Crippen molar-refractivity contribution in [2.45, 2.75) is 38.4 Å². The maximum absolute atomic E-state index is 12.2. The first kappa shape index (κ1) is 21.6. The van der Waals surface area contributed by atoms with Gasteiger partial charge in [-0.05, 0) is 44.0 Å². The van der Waals surface area contributed by atoms with E-state index in [-0.39, 0.29) is 17.7 Å². The van der Waals surface area contributed by atoms with E-state index in [0.717, 1.165) is 22.6 Å². The summed E-state index contributed by atoms with van der Waals surface area (Å²) >= 11 is 1.25. The van der Waals surface area contributed by atoms with Gasteiger partial charge in [0.1, 0.15) is 5.82 Å². The largest absolute Gasteiger partial charge is 0.336 e. The van der Waals surface area contributed by atoms with Crippen LogP contribution in [-0.2, 0) is 11.2 Å². The number of amides is 3. The van der Waals surface area contributed by atoms with Crippen LogP contribution < -0.4 is 10.6 Å². The molecule has 7 nitrogen and oxygen atoms in total. The predicted octanol–water partition coefficient (Wildman–Crippen LogP) is 3.49. The molecule has 0 radical (unpaired) electrons. The van der Waals surface area contributed by atoms with Crippen molar-refractivity contribution in [3.8, 4) is 5.69 Å². The number of nitrogens with one attached hydrogen (secondary N) is 2. The number of urea groups is 1. The molecule has 3 rings (SSSR count). The summed E-state index contributed by atoms with van der Waals surface area (Å²) in [6, 6.07) is 17.6.